The molecule has 0 radical (unpaired) electrons. The average Bonchev–Trinajstić information content (AvgIpc) is 3.35. The number of carbonyl (C=O) groups is 2. The molecule has 1 aliphatic carbocycles. The van der Waals surface area contributed by atoms with Crippen LogP contribution in [0.25, 0.3) is 0 Å². The van der Waals surface area contributed by atoms with Crippen molar-refractivity contribution in [2.45, 2.75) is 31.8 Å². The Morgan fingerprint density at radius 3 is 2.36 bits per heavy atom. The van der Waals surface area contributed by atoms with Gasteiger partial charge in [-0.25, -0.2) is 4.68 Å². The van der Waals surface area contributed by atoms with Gasteiger partial charge in [-0.15, -0.1) is 5.10 Å². The molecule has 1 fully saturated rings. The van der Waals surface area contributed by atoms with Gasteiger partial charge >= 0.3 is 0 Å². The van der Waals surface area contributed by atoms with Gasteiger partial charge in [0.15, 0.2) is 0 Å². The SMILES string of the molecule is O=C(Cc1ccc(NC(=O)c2ccc(Cn3cnnn3)cc2)cc1)NC1CC1. The maximum Gasteiger partial charge on any atom is 0.255 e. The Morgan fingerprint density at radius 1 is 1.00 bits per heavy atom. The molecule has 0 atom stereocenters. The zero-order chi connectivity index (χ0) is 19.3. The topological polar surface area (TPSA) is 102 Å². The first-order valence-corrected chi connectivity index (χ1v) is 9.15. The molecule has 0 spiro atoms. The Bertz CT molecular complexity index is 947. The van der Waals surface area contributed by atoms with Gasteiger partial charge in [-0.05, 0) is 58.7 Å². The Hall–Kier alpha value is -3.55. The molecule has 1 saturated carbocycles. The van der Waals surface area contributed by atoms with Gasteiger partial charge < -0.3 is 10.6 Å². The lowest BCUT2D eigenvalue weighted by Crippen LogP contribution is -2.26. The second-order valence-electron chi connectivity index (χ2n) is 6.87. The highest BCUT2D eigenvalue weighted by Crippen LogP contribution is 2.19. The van der Waals surface area contributed by atoms with E-state index < -0.39 is 0 Å². The summed E-state index contributed by atoms with van der Waals surface area (Å²) >= 11 is 0. The number of nitrogens with zero attached hydrogens (tertiary/aromatic N) is 4. The molecule has 8 nitrogen and oxygen atoms in total. The summed E-state index contributed by atoms with van der Waals surface area (Å²) in [4.78, 5) is 24.3. The molecule has 2 aromatic carbocycles. The van der Waals surface area contributed by atoms with Gasteiger partial charge in [0.2, 0.25) is 5.91 Å². The molecule has 8 heteroatoms. The van der Waals surface area contributed by atoms with E-state index >= 15 is 0 Å². The fourth-order valence-corrected chi connectivity index (χ4v) is 2.80. The van der Waals surface area contributed by atoms with E-state index in [1.54, 1.807) is 23.1 Å². The smallest absolute Gasteiger partial charge is 0.255 e. The van der Waals surface area contributed by atoms with Crippen molar-refractivity contribution in [1.82, 2.24) is 25.5 Å². The van der Waals surface area contributed by atoms with Crippen LogP contribution in [0, 0.1) is 0 Å². The zero-order valence-corrected chi connectivity index (χ0v) is 15.2. The third-order valence-electron chi connectivity index (χ3n) is 4.47. The number of rotatable bonds is 7. The number of carbonyl (C=O) groups excluding carboxylic acids is 2. The number of hydrogen-bond acceptors (Lipinski definition) is 5. The molecule has 0 saturated heterocycles. The predicted molar refractivity (Wildman–Crippen MR) is 103 cm³/mol. The maximum absolute atomic E-state index is 12.4. The van der Waals surface area contributed by atoms with E-state index in [1.807, 2.05) is 36.4 Å². The first kappa shape index (κ1) is 17.8. The summed E-state index contributed by atoms with van der Waals surface area (Å²) in [5.41, 5.74) is 3.17. The van der Waals surface area contributed by atoms with Gasteiger partial charge in [-0.2, -0.15) is 0 Å². The van der Waals surface area contributed by atoms with Crippen molar-refractivity contribution in [2.24, 2.45) is 0 Å². The summed E-state index contributed by atoms with van der Waals surface area (Å²) in [5.74, 6) is -0.144. The molecular weight excluding hydrogens is 356 g/mol. The van der Waals surface area contributed by atoms with E-state index in [2.05, 4.69) is 26.2 Å². The van der Waals surface area contributed by atoms with E-state index in [0.717, 1.165) is 24.0 Å². The van der Waals surface area contributed by atoms with Crippen LogP contribution < -0.4 is 10.6 Å². The first-order valence-electron chi connectivity index (χ1n) is 9.15. The van der Waals surface area contributed by atoms with Crippen molar-refractivity contribution in [2.75, 3.05) is 5.32 Å². The number of nitrogens with one attached hydrogen (secondary N) is 2. The van der Waals surface area contributed by atoms with Crippen LogP contribution >= 0.6 is 0 Å². The number of benzene rings is 2. The largest absolute Gasteiger partial charge is 0.353 e. The lowest BCUT2D eigenvalue weighted by atomic mass is 10.1. The van der Waals surface area contributed by atoms with Gasteiger partial charge in [-0.3, -0.25) is 9.59 Å². The Balaban J connectivity index is 1.31. The highest BCUT2D eigenvalue weighted by molar-refractivity contribution is 6.04. The quantitative estimate of drug-likeness (QED) is 0.655. The van der Waals surface area contributed by atoms with E-state index in [4.69, 9.17) is 0 Å². The predicted octanol–water partition coefficient (Wildman–Crippen LogP) is 1.79. The molecule has 1 aromatic heterocycles. The van der Waals surface area contributed by atoms with Crippen LogP contribution in [0.5, 0.6) is 0 Å². The maximum atomic E-state index is 12.4. The number of amides is 2. The minimum Gasteiger partial charge on any atom is -0.353 e. The van der Waals surface area contributed by atoms with Crippen LogP contribution in [-0.4, -0.2) is 38.1 Å². The average molecular weight is 376 g/mol. The van der Waals surface area contributed by atoms with Crippen molar-refractivity contribution in [3.8, 4) is 0 Å². The van der Waals surface area contributed by atoms with Crippen molar-refractivity contribution in [3.63, 3.8) is 0 Å². The molecule has 1 aliphatic rings. The summed E-state index contributed by atoms with van der Waals surface area (Å²) in [6.45, 7) is 0.546. The first-order chi connectivity index (χ1) is 13.7. The molecule has 142 valence electrons. The second kappa shape index (κ2) is 7.99. The van der Waals surface area contributed by atoms with Gasteiger partial charge in [0, 0.05) is 17.3 Å². The number of anilines is 1. The molecule has 0 bridgehead atoms. The molecule has 2 amide bonds. The van der Waals surface area contributed by atoms with E-state index in [1.165, 1.54) is 0 Å². The fourth-order valence-electron chi connectivity index (χ4n) is 2.80. The van der Waals surface area contributed by atoms with Gasteiger partial charge in [0.25, 0.3) is 5.91 Å². The molecular formula is C20H20N6O2. The normalized spacial score (nSPS) is 13.1. The molecule has 3 aromatic rings. The van der Waals surface area contributed by atoms with Crippen LogP contribution in [0.4, 0.5) is 5.69 Å². The van der Waals surface area contributed by atoms with Crippen LogP contribution in [0.3, 0.4) is 0 Å². The lowest BCUT2D eigenvalue weighted by Gasteiger charge is -2.08. The number of tetrazole rings is 1. The standard InChI is InChI=1S/C20H20N6O2/c27-19(22-17-9-10-17)11-14-3-7-18(8-4-14)23-20(28)16-5-1-15(2-6-16)12-26-13-21-24-25-26/h1-8,13,17H,9-12H2,(H,22,27)(H,23,28). The van der Waals surface area contributed by atoms with Gasteiger partial charge in [-0.1, -0.05) is 24.3 Å². The van der Waals surface area contributed by atoms with E-state index in [0.29, 0.717) is 30.3 Å². The number of aromatic nitrogens is 4. The minimum atomic E-state index is -0.187. The third-order valence-corrected chi connectivity index (χ3v) is 4.47. The van der Waals surface area contributed by atoms with Crippen LogP contribution in [0.2, 0.25) is 0 Å². The molecule has 2 N–H and O–H groups in total. The van der Waals surface area contributed by atoms with Gasteiger partial charge in [0.05, 0.1) is 13.0 Å². The van der Waals surface area contributed by atoms with Gasteiger partial charge in [0.1, 0.15) is 6.33 Å². The highest BCUT2D eigenvalue weighted by atomic mass is 16.2. The Kier molecular flexibility index (Phi) is 5.09. The van der Waals surface area contributed by atoms with Crippen LogP contribution in [-0.2, 0) is 17.8 Å². The number of hydrogen-bond donors (Lipinski definition) is 2. The monoisotopic (exact) mass is 376 g/mol. The summed E-state index contributed by atoms with van der Waals surface area (Å²) in [7, 11) is 0. The Morgan fingerprint density at radius 2 is 1.71 bits per heavy atom. The highest BCUT2D eigenvalue weighted by Gasteiger charge is 2.23. The van der Waals surface area contributed by atoms with E-state index in [-0.39, 0.29) is 11.8 Å². The molecule has 1 heterocycles. The van der Waals surface area contributed by atoms with Crippen LogP contribution in [0.1, 0.15) is 34.3 Å². The van der Waals surface area contributed by atoms with Crippen molar-refractivity contribution in [1.29, 1.82) is 0 Å². The molecule has 0 aliphatic heterocycles. The summed E-state index contributed by atoms with van der Waals surface area (Å²) in [5, 5.41) is 16.8. The van der Waals surface area contributed by atoms with Crippen molar-refractivity contribution in [3.05, 3.63) is 71.5 Å². The fraction of sp³-hybridized carbons (Fsp3) is 0.250. The lowest BCUT2D eigenvalue weighted by molar-refractivity contribution is -0.120. The second-order valence-corrected chi connectivity index (χ2v) is 6.87. The summed E-state index contributed by atoms with van der Waals surface area (Å²) in [6.07, 6.45) is 4.05. The zero-order valence-electron chi connectivity index (χ0n) is 15.2. The van der Waals surface area contributed by atoms with Crippen molar-refractivity contribution < 1.29 is 9.59 Å². The summed E-state index contributed by atoms with van der Waals surface area (Å²) in [6, 6.07) is 15.0. The molecule has 0 unspecified atom stereocenters. The third kappa shape index (κ3) is 4.79. The summed E-state index contributed by atoms with van der Waals surface area (Å²) < 4.78 is 1.61. The minimum absolute atomic E-state index is 0.0426. The molecule has 4 rings (SSSR count). The van der Waals surface area contributed by atoms with E-state index in [9.17, 15) is 9.59 Å². The van der Waals surface area contributed by atoms with Crippen molar-refractivity contribution >= 4 is 17.5 Å². The van der Waals surface area contributed by atoms with Crippen LogP contribution in [0.15, 0.2) is 54.9 Å². The Labute approximate surface area is 162 Å². The molecule has 28 heavy (non-hydrogen) atoms.